The first-order valence-electron chi connectivity index (χ1n) is 9.72. The number of terminal acetylenes is 1. The number of nitrogens with zero attached hydrogens (tertiary/aromatic N) is 4. The van der Waals surface area contributed by atoms with E-state index in [4.69, 9.17) is 6.42 Å². The highest BCUT2D eigenvalue weighted by molar-refractivity contribution is 7.21. The molecule has 3 heterocycles. The normalized spacial score (nSPS) is 15.1. The van der Waals surface area contributed by atoms with Crippen LogP contribution in [0.5, 0.6) is 0 Å². The lowest BCUT2D eigenvalue weighted by Crippen LogP contribution is -2.39. The molecule has 0 spiro atoms. The SMILES string of the molecule is C#CCNC(=O)CN1CCCN(c2ncnc3sc(-c4ccccc4)cc23)CC1. The second-order valence-corrected chi connectivity index (χ2v) is 8.02. The summed E-state index contributed by atoms with van der Waals surface area (Å²) in [5, 5.41) is 3.83. The van der Waals surface area contributed by atoms with E-state index in [2.05, 4.69) is 61.3 Å². The van der Waals surface area contributed by atoms with Crippen LogP contribution in [0.25, 0.3) is 20.7 Å². The van der Waals surface area contributed by atoms with E-state index < -0.39 is 0 Å². The molecule has 7 heteroatoms. The van der Waals surface area contributed by atoms with Gasteiger partial charge in [-0.05, 0) is 18.1 Å². The van der Waals surface area contributed by atoms with Gasteiger partial charge in [-0.25, -0.2) is 9.97 Å². The van der Waals surface area contributed by atoms with Crippen LogP contribution in [0.2, 0.25) is 0 Å². The first-order chi connectivity index (χ1) is 14.2. The molecule has 1 amide bonds. The fourth-order valence-electron chi connectivity index (χ4n) is 3.59. The molecule has 1 saturated heterocycles. The Labute approximate surface area is 174 Å². The summed E-state index contributed by atoms with van der Waals surface area (Å²) in [6.07, 6.45) is 7.83. The summed E-state index contributed by atoms with van der Waals surface area (Å²) in [4.78, 5) is 27.7. The van der Waals surface area contributed by atoms with Gasteiger partial charge in [0.1, 0.15) is 17.0 Å². The fraction of sp³-hybridized carbons (Fsp3) is 0.318. The zero-order valence-electron chi connectivity index (χ0n) is 16.2. The number of carbonyl (C=O) groups excluding carboxylic acids is 1. The molecule has 0 saturated carbocycles. The summed E-state index contributed by atoms with van der Waals surface area (Å²) in [5.74, 6) is 3.39. The summed E-state index contributed by atoms with van der Waals surface area (Å²) in [6.45, 7) is 4.08. The topological polar surface area (TPSA) is 61.4 Å². The van der Waals surface area contributed by atoms with Crippen LogP contribution in [0.1, 0.15) is 6.42 Å². The van der Waals surface area contributed by atoms with Crippen molar-refractivity contribution in [3.63, 3.8) is 0 Å². The summed E-state index contributed by atoms with van der Waals surface area (Å²) in [6, 6.07) is 12.6. The average molecular weight is 406 g/mol. The lowest BCUT2D eigenvalue weighted by Gasteiger charge is -2.22. The van der Waals surface area contributed by atoms with E-state index >= 15 is 0 Å². The number of rotatable bonds is 5. The van der Waals surface area contributed by atoms with E-state index in [0.29, 0.717) is 6.54 Å². The average Bonchev–Trinajstić information content (AvgIpc) is 3.07. The number of hydrogen-bond acceptors (Lipinski definition) is 6. The van der Waals surface area contributed by atoms with E-state index in [9.17, 15) is 4.79 Å². The van der Waals surface area contributed by atoms with E-state index in [1.54, 1.807) is 17.7 Å². The minimum absolute atomic E-state index is 0.0221. The molecule has 148 valence electrons. The van der Waals surface area contributed by atoms with Gasteiger partial charge >= 0.3 is 0 Å². The van der Waals surface area contributed by atoms with Crippen LogP contribution in [0.4, 0.5) is 5.82 Å². The van der Waals surface area contributed by atoms with Crippen molar-refractivity contribution >= 4 is 33.3 Å². The first-order valence-corrected chi connectivity index (χ1v) is 10.5. The van der Waals surface area contributed by atoms with Gasteiger partial charge < -0.3 is 10.2 Å². The maximum absolute atomic E-state index is 12.0. The summed E-state index contributed by atoms with van der Waals surface area (Å²) < 4.78 is 0. The number of nitrogens with one attached hydrogen (secondary N) is 1. The summed E-state index contributed by atoms with van der Waals surface area (Å²) in [7, 11) is 0. The molecule has 1 aliphatic heterocycles. The molecule has 4 rings (SSSR count). The number of anilines is 1. The lowest BCUT2D eigenvalue weighted by molar-refractivity contribution is -0.121. The van der Waals surface area contributed by atoms with Crippen molar-refractivity contribution < 1.29 is 4.79 Å². The molecule has 0 unspecified atom stereocenters. The predicted octanol–water partition coefficient (Wildman–Crippen LogP) is 2.62. The Morgan fingerprint density at radius 1 is 1.17 bits per heavy atom. The third-order valence-corrected chi connectivity index (χ3v) is 6.10. The Morgan fingerprint density at radius 2 is 2.03 bits per heavy atom. The number of hydrogen-bond donors (Lipinski definition) is 1. The molecular weight excluding hydrogens is 382 g/mol. The van der Waals surface area contributed by atoms with Crippen LogP contribution in [0.3, 0.4) is 0 Å². The van der Waals surface area contributed by atoms with Gasteiger partial charge in [0.2, 0.25) is 5.91 Å². The second kappa shape index (κ2) is 9.03. The summed E-state index contributed by atoms with van der Waals surface area (Å²) >= 11 is 1.69. The van der Waals surface area contributed by atoms with Gasteiger partial charge in [0.25, 0.3) is 0 Å². The molecule has 1 aromatic carbocycles. The van der Waals surface area contributed by atoms with Crippen LogP contribution < -0.4 is 10.2 Å². The smallest absolute Gasteiger partial charge is 0.234 e. The number of thiophene rings is 1. The number of amides is 1. The van der Waals surface area contributed by atoms with Crippen molar-refractivity contribution in [2.24, 2.45) is 0 Å². The molecule has 0 aliphatic carbocycles. The van der Waals surface area contributed by atoms with Gasteiger partial charge in [0.05, 0.1) is 18.5 Å². The Morgan fingerprint density at radius 3 is 2.86 bits per heavy atom. The largest absolute Gasteiger partial charge is 0.355 e. The van der Waals surface area contributed by atoms with Crippen molar-refractivity contribution in [2.45, 2.75) is 6.42 Å². The van der Waals surface area contributed by atoms with Gasteiger partial charge in [0.15, 0.2) is 0 Å². The highest BCUT2D eigenvalue weighted by Crippen LogP contribution is 2.36. The Hall–Kier alpha value is -2.95. The number of benzene rings is 1. The first kappa shape index (κ1) is 19.4. The Kier molecular flexibility index (Phi) is 6.03. The molecule has 0 bridgehead atoms. The van der Waals surface area contributed by atoms with Crippen LogP contribution in [-0.4, -0.2) is 60.0 Å². The molecular formula is C22H23N5OS. The molecule has 6 nitrogen and oxygen atoms in total. The van der Waals surface area contributed by atoms with Gasteiger partial charge in [-0.2, -0.15) is 0 Å². The quantitative estimate of drug-likeness (QED) is 0.661. The second-order valence-electron chi connectivity index (χ2n) is 6.99. The third kappa shape index (κ3) is 4.56. The number of carbonyl (C=O) groups is 1. The fourth-order valence-corrected chi connectivity index (χ4v) is 4.59. The van der Waals surface area contributed by atoms with Gasteiger partial charge in [-0.3, -0.25) is 9.69 Å². The minimum atomic E-state index is -0.0221. The Bertz CT molecular complexity index is 1030. The predicted molar refractivity (Wildman–Crippen MR) is 118 cm³/mol. The third-order valence-electron chi connectivity index (χ3n) is 5.01. The van der Waals surface area contributed by atoms with Crippen molar-refractivity contribution in [1.82, 2.24) is 20.2 Å². The van der Waals surface area contributed by atoms with Gasteiger partial charge in [-0.1, -0.05) is 36.3 Å². The molecule has 2 aromatic heterocycles. The zero-order chi connectivity index (χ0) is 20.1. The van der Waals surface area contributed by atoms with E-state index in [-0.39, 0.29) is 12.5 Å². The van der Waals surface area contributed by atoms with Crippen molar-refractivity contribution in [1.29, 1.82) is 0 Å². The molecule has 1 aliphatic rings. The zero-order valence-corrected chi connectivity index (χ0v) is 17.0. The van der Waals surface area contributed by atoms with Crippen LogP contribution >= 0.6 is 11.3 Å². The van der Waals surface area contributed by atoms with Crippen molar-refractivity contribution in [3.8, 4) is 22.8 Å². The van der Waals surface area contributed by atoms with Gasteiger partial charge in [0, 0.05) is 31.1 Å². The van der Waals surface area contributed by atoms with E-state index in [1.165, 1.54) is 10.4 Å². The van der Waals surface area contributed by atoms with Gasteiger partial charge in [-0.15, -0.1) is 17.8 Å². The molecule has 3 aromatic rings. The monoisotopic (exact) mass is 405 g/mol. The minimum Gasteiger partial charge on any atom is -0.355 e. The number of aromatic nitrogens is 2. The molecule has 0 radical (unpaired) electrons. The molecule has 29 heavy (non-hydrogen) atoms. The number of fused-ring (bicyclic) bond motifs is 1. The van der Waals surface area contributed by atoms with Crippen LogP contribution in [0.15, 0.2) is 42.7 Å². The maximum Gasteiger partial charge on any atom is 0.234 e. The van der Waals surface area contributed by atoms with Crippen LogP contribution in [-0.2, 0) is 4.79 Å². The van der Waals surface area contributed by atoms with E-state index in [0.717, 1.165) is 48.6 Å². The van der Waals surface area contributed by atoms with Crippen molar-refractivity contribution in [3.05, 3.63) is 42.7 Å². The molecule has 0 atom stereocenters. The summed E-state index contributed by atoms with van der Waals surface area (Å²) in [5.41, 5.74) is 1.20. The molecule has 1 N–H and O–H groups in total. The standard InChI is InChI=1S/C22H23N5OS/c1-2-9-23-20(28)15-26-10-6-11-27(13-12-26)21-18-14-19(17-7-4-3-5-8-17)29-22(18)25-16-24-21/h1,3-5,7-8,14,16H,6,9-13,15H2,(H,23,28). The van der Waals surface area contributed by atoms with E-state index in [1.807, 2.05) is 6.07 Å². The van der Waals surface area contributed by atoms with Crippen molar-refractivity contribution in [2.75, 3.05) is 44.2 Å². The highest BCUT2D eigenvalue weighted by atomic mass is 32.1. The highest BCUT2D eigenvalue weighted by Gasteiger charge is 2.20. The Balaban J connectivity index is 1.50. The van der Waals surface area contributed by atoms with Crippen LogP contribution in [0, 0.1) is 12.3 Å². The molecule has 1 fully saturated rings. The maximum atomic E-state index is 12.0. The lowest BCUT2D eigenvalue weighted by atomic mass is 10.2.